The number of rotatable bonds is 6. The monoisotopic (exact) mass is 430 g/mol. The average Bonchev–Trinajstić information content (AvgIpc) is 3.60. The number of aromatic nitrogens is 5. The molecule has 2 atom stereocenters. The molecule has 1 amide bonds. The lowest BCUT2D eigenvalue weighted by atomic mass is 10.2. The summed E-state index contributed by atoms with van der Waals surface area (Å²) in [6.45, 7) is 2.96. The number of ether oxygens (including phenoxy) is 1. The van der Waals surface area contributed by atoms with Gasteiger partial charge in [-0.15, -0.1) is 5.10 Å². The van der Waals surface area contributed by atoms with Crippen molar-refractivity contribution < 1.29 is 14.1 Å². The van der Waals surface area contributed by atoms with E-state index in [1.807, 2.05) is 60.7 Å². The molecule has 0 N–H and O–H groups in total. The van der Waals surface area contributed by atoms with Crippen molar-refractivity contribution in [3.8, 4) is 28.7 Å². The van der Waals surface area contributed by atoms with Crippen LogP contribution < -0.4 is 4.74 Å². The average molecular weight is 430 g/mol. The van der Waals surface area contributed by atoms with Gasteiger partial charge in [-0.1, -0.05) is 58.9 Å². The molecule has 0 radical (unpaired) electrons. The van der Waals surface area contributed by atoms with E-state index in [0.717, 1.165) is 12.0 Å². The van der Waals surface area contributed by atoms with E-state index in [0.29, 0.717) is 36.2 Å². The van der Waals surface area contributed by atoms with Gasteiger partial charge >= 0.3 is 0 Å². The predicted molar refractivity (Wildman–Crippen MR) is 116 cm³/mol. The lowest BCUT2D eigenvalue weighted by molar-refractivity contribution is -0.136. The molecule has 4 aromatic rings. The van der Waals surface area contributed by atoms with Crippen molar-refractivity contribution in [1.82, 2.24) is 30.0 Å². The molecule has 1 aliphatic rings. The normalized spacial score (nSPS) is 16.8. The maximum atomic E-state index is 12.8. The number of para-hydroxylation sites is 1. The maximum absolute atomic E-state index is 12.8. The summed E-state index contributed by atoms with van der Waals surface area (Å²) in [6, 6.07) is 19.0. The lowest BCUT2D eigenvalue weighted by Crippen LogP contribution is -2.39. The van der Waals surface area contributed by atoms with Gasteiger partial charge in [0.1, 0.15) is 5.75 Å². The summed E-state index contributed by atoms with van der Waals surface area (Å²) < 4.78 is 12.9. The van der Waals surface area contributed by atoms with Gasteiger partial charge in [-0.2, -0.15) is 4.98 Å². The van der Waals surface area contributed by atoms with Gasteiger partial charge in [0.05, 0.1) is 12.2 Å². The summed E-state index contributed by atoms with van der Waals surface area (Å²) in [6.07, 6.45) is 2.01. The molecular formula is C23H22N6O3. The van der Waals surface area contributed by atoms with Crippen molar-refractivity contribution in [1.29, 1.82) is 0 Å². The molecule has 0 spiro atoms. The van der Waals surface area contributed by atoms with E-state index in [-0.39, 0.29) is 11.9 Å². The highest BCUT2D eigenvalue weighted by Crippen LogP contribution is 2.25. The van der Waals surface area contributed by atoms with Gasteiger partial charge in [0.15, 0.2) is 11.8 Å². The summed E-state index contributed by atoms with van der Waals surface area (Å²) in [7, 11) is 0. The topological polar surface area (TPSA) is 99.2 Å². The Hall–Kier alpha value is -4.01. The molecule has 9 heteroatoms. The Balaban J connectivity index is 1.23. The molecule has 2 unspecified atom stereocenters. The quantitative estimate of drug-likeness (QED) is 0.463. The van der Waals surface area contributed by atoms with Crippen molar-refractivity contribution in [2.45, 2.75) is 25.5 Å². The fraction of sp³-hybridized carbons (Fsp3) is 0.261. The minimum atomic E-state index is -0.558. The van der Waals surface area contributed by atoms with Crippen LogP contribution in [0.5, 0.6) is 5.75 Å². The molecule has 5 rings (SSSR count). The number of carbonyl (C=O) groups excluding carboxylic acids is 1. The van der Waals surface area contributed by atoms with Crippen molar-refractivity contribution >= 4 is 5.91 Å². The number of hydrogen-bond acceptors (Lipinski definition) is 7. The number of likely N-dealkylation sites (tertiary alicyclic amines) is 1. The number of benzene rings is 2. The molecule has 1 fully saturated rings. The Morgan fingerprint density at radius 2 is 1.88 bits per heavy atom. The van der Waals surface area contributed by atoms with Crippen LogP contribution >= 0.6 is 0 Å². The fourth-order valence-corrected chi connectivity index (χ4v) is 3.75. The van der Waals surface area contributed by atoms with Crippen LogP contribution in [-0.2, 0) is 4.79 Å². The molecule has 3 heterocycles. The standard InChI is InChI=1S/C23H22N6O3/c1-16(31-19-10-6-3-7-11-19)23(30)28-13-12-18(14-28)29-15-20(25-27-29)22-24-21(26-32-22)17-8-4-2-5-9-17/h2-11,15-16,18H,12-14H2,1H3. The molecule has 162 valence electrons. The summed E-state index contributed by atoms with van der Waals surface area (Å²) in [5, 5.41) is 12.4. The Morgan fingerprint density at radius 1 is 1.12 bits per heavy atom. The second-order valence-corrected chi connectivity index (χ2v) is 7.67. The van der Waals surface area contributed by atoms with E-state index in [4.69, 9.17) is 9.26 Å². The van der Waals surface area contributed by atoms with Crippen LogP contribution in [0.4, 0.5) is 0 Å². The molecule has 2 aromatic heterocycles. The van der Waals surface area contributed by atoms with Crippen molar-refractivity contribution in [3.63, 3.8) is 0 Å². The second kappa shape index (κ2) is 8.62. The van der Waals surface area contributed by atoms with Crippen molar-refractivity contribution in [2.75, 3.05) is 13.1 Å². The maximum Gasteiger partial charge on any atom is 0.280 e. The summed E-state index contributed by atoms with van der Waals surface area (Å²) in [5.41, 5.74) is 1.37. The molecule has 0 bridgehead atoms. The molecule has 9 nitrogen and oxygen atoms in total. The van der Waals surface area contributed by atoms with Gasteiger partial charge < -0.3 is 14.2 Å². The highest BCUT2D eigenvalue weighted by atomic mass is 16.5. The van der Waals surface area contributed by atoms with Gasteiger partial charge in [-0.05, 0) is 25.5 Å². The largest absolute Gasteiger partial charge is 0.481 e. The summed E-state index contributed by atoms with van der Waals surface area (Å²) in [4.78, 5) is 19.0. The van der Waals surface area contributed by atoms with Crippen molar-refractivity contribution in [3.05, 3.63) is 66.9 Å². The number of carbonyl (C=O) groups is 1. The zero-order chi connectivity index (χ0) is 21.9. The second-order valence-electron chi connectivity index (χ2n) is 7.67. The van der Waals surface area contributed by atoms with Crippen LogP contribution in [0.1, 0.15) is 19.4 Å². The van der Waals surface area contributed by atoms with Gasteiger partial charge in [0, 0.05) is 18.7 Å². The highest BCUT2D eigenvalue weighted by Gasteiger charge is 2.31. The fourth-order valence-electron chi connectivity index (χ4n) is 3.75. The van der Waals surface area contributed by atoms with Crippen LogP contribution in [0.15, 0.2) is 71.4 Å². The van der Waals surface area contributed by atoms with E-state index in [9.17, 15) is 4.79 Å². The SMILES string of the molecule is CC(Oc1ccccc1)C(=O)N1CCC(n2cc(-c3nc(-c4ccccc4)no3)nn2)C1. The third kappa shape index (κ3) is 4.09. The minimum Gasteiger partial charge on any atom is -0.481 e. The van der Waals surface area contributed by atoms with Gasteiger partial charge in [-0.3, -0.25) is 4.79 Å². The smallest absolute Gasteiger partial charge is 0.280 e. The van der Waals surface area contributed by atoms with Gasteiger partial charge in [-0.25, -0.2) is 4.68 Å². The first-order chi connectivity index (χ1) is 15.7. The first-order valence-electron chi connectivity index (χ1n) is 10.5. The third-order valence-electron chi connectivity index (χ3n) is 5.44. The molecule has 1 aliphatic heterocycles. The van der Waals surface area contributed by atoms with E-state index in [2.05, 4.69) is 20.5 Å². The molecule has 0 saturated carbocycles. The zero-order valence-electron chi connectivity index (χ0n) is 17.5. The highest BCUT2D eigenvalue weighted by molar-refractivity contribution is 5.81. The minimum absolute atomic E-state index is 0.0284. The van der Waals surface area contributed by atoms with Crippen LogP contribution in [0, 0.1) is 0 Å². The first-order valence-corrected chi connectivity index (χ1v) is 10.5. The summed E-state index contributed by atoms with van der Waals surface area (Å²) in [5.74, 6) is 1.45. The van der Waals surface area contributed by atoms with Gasteiger partial charge in [0.25, 0.3) is 11.8 Å². The number of hydrogen-bond donors (Lipinski definition) is 0. The lowest BCUT2D eigenvalue weighted by Gasteiger charge is -2.21. The Bertz CT molecular complexity index is 1190. The molecule has 2 aromatic carbocycles. The first kappa shape index (κ1) is 19.9. The van der Waals surface area contributed by atoms with E-state index in [1.54, 1.807) is 22.7 Å². The Morgan fingerprint density at radius 3 is 2.66 bits per heavy atom. The van der Waals surface area contributed by atoms with Gasteiger partial charge in [0.2, 0.25) is 5.82 Å². The Labute approximate surface area is 184 Å². The van der Waals surface area contributed by atoms with E-state index in [1.165, 1.54) is 0 Å². The number of amides is 1. The third-order valence-corrected chi connectivity index (χ3v) is 5.44. The van der Waals surface area contributed by atoms with E-state index >= 15 is 0 Å². The summed E-state index contributed by atoms with van der Waals surface area (Å²) >= 11 is 0. The molecule has 0 aliphatic carbocycles. The van der Waals surface area contributed by atoms with Crippen molar-refractivity contribution in [2.24, 2.45) is 0 Å². The molecule has 1 saturated heterocycles. The Kier molecular flexibility index (Phi) is 5.37. The zero-order valence-corrected chi connectivity index (χ0v) is 17.5. The van der Waals surface area contributed by atoms with Crippen LogP contribution in [0.3, 0.4) is 0 Å². The molecule has 32 heavy (non-hydrogen) atoms. The van der Waals surface area contributed by atoms with E-state index < -0.39 is 6.10 Å². The molecular weight excluding hydrogens is 408 g/mol. The van der Waals surface area contributed by atoms with Crippen LogP contribution in [-0.4, -0.2) is 55.1 Å². The predicted octanol–water partition coefficient (Wildman–Crippen LogP) is 3.24. The number of nitrogens with zero attached hydrogens (tertiary/aromatic N) is 6. The van der Waals surface area contributed by atoms with Crippen LogP contribution in [0.25, 0.3) is 23.0 Å². The van der Waals surface area contributed by atoms with Crippen LogP contribution in [0.2, 0.25) is 0 Å².